The maximum absolute atomic E-state index is 4.64. The molecule has 1 rings (SSSR count). The third-order valence-electron chi connectivity index (χ3n) is 0.556. The van der Waals surface area contributed by atoms with Gasteiger partial charge in [-0.15, -0.1) is 0 Å². The van der Waals surface area contributed by atoms with Crippen LogP contribution in [0.2, 0.25) is 0 Å². The molecule has 0 fully saturated rings. The van der Waals surface area contributed by atoms with Crippen LogP contribution < -0.4 is 24.8 Å². The standard InChI is InChI=1S/C5H5.BCl2.2ClH.Ti/c1-2-4-5-3-1;2-1-3;;;/h1-5H;;2*1H;/q-1;;;;+3/p-2. The summed E-state index contributed by atoms with van der Waals surface area (Å²) < 4.78 is 0. The molecule has 0 unspecified atom stereocenters. The van der Waals surface area contributed by atoms with E-state index in [9.17, 15) is 0 Å². The van der Waals surface area contributed by atoms with Gasteiger partial charge in [0.15, 0.2) is 0 Å². The second kappa shape index (κ2) is 22.5. The topological polar surface area (TPSA) is 0 Å². The number of halogens is 4. The molecule has 0 saturated carbocycles. The SMILES string of the molecule is Cl[B]Cl.[Cl-].[Cl-].[Ti+3].c1cc[cH-]c1. The van der Waals surface area contributed by atoms with Gasteiger partial charge in [-0.2, -0.15) is 41.1 Å². The predicted molar refractivity (Wildman–Crippen MR) is 39.5 cm³/mol. The fourth-order valence-electron chi connectivity index (χ4n) is 0.321. The molecule has 0 N–H and O–H groups in total. The van der Waals surface area contributed by atoms with Gasteiger partial charge in [-0.3, -0.25) is 0 Å². The molecule has 0 spiro atoms. The van der Waals surface area contributed by atoms with Crippen LogP contribution in [0.15, 0.2) is 30.3 Å². The molecule has 0 heterocycles. The Morgan fingerprint density at radius 2 is 1.27 bits per heavy atom. The fraction of sp³-hybridized carbons (Fsp3) is 0. The summed E-state index contributed by atoms with van der Waals surface area (Å²) in [5.74, 6) is 0. The molecule has 0 aromatic heterocycles. The molecule has 0 bridgehead atoms. The van der Waals surface area contributed by atoms with Crippen molar-refractivity contribution in [1.82, 2.24) is 0 Å². The van der Waals surface area contributed by atoms with E-state index in [-0.39, 0.29) is 46.5 Å². The second-order valence-electron chi connectivity index (χ2n) is 1.04. The maximum atomic E-state index is 4.64. The largest absolute Gasteiger partial charge is 3.00 e. The van der Waals surface area contributed by atoms with Crippen molar-refractivity contribution in [3.63, 3.8) is 0 Å². The van der Waals surface area contributed by atoms with Crippen LogP contribution in [0, 0.1) is 0 Å². The van der Waals surface area contributed by atoms with Crippen molar-refractivity contribution < 1.29 is 46.5 Å². The Kier molecular flexibility index (Phi) is 46.6. The van der Waals surface area contributed by atoms with E-state index < -0.39 is 0 Å². The van der Waals surface area contributed by atoms with E-state index in [4.69, 9.17) is 0 Å². The minimum Gasteiger partial charge on any atom is -1.00 e. The van der Waals surface area contributed by atoms with E-state index in [1.54, 1.807) is 0 Å². The van der Waals surface area contributed by atoms with Crippen LogP contribution in [0.25, 0.3) is 0 Å². The Balaban J connectivity index is -0.0000000379. The van der Waals surface area contributed by atoms with E-state index in [0.29, 0.717) is 0 Å². The van der Waals surface area contributed by atoms with E-state index in [2.05, 4.69) is 22.9 Å². The summed E-state index contributed by atoms with van der Waals surface area (Å²) in [6.07, 6.45) is 0.944. The van der Waals surface area contributed by atoms with Gasteiger partial charge in [-0.1, -0.05) is 0 Å². The van der Waals surface area contributed by atoms with Gasteiger partial charge in [-0.05, 0) is 0 Å². The minimum absolute atomic E-state index is 0. The van der Waals surface area contributed by atoms with Crippen molar-refractivity contribution in [3.8, 4) is 0 Å². The summed E-state index contributed by atoms with van der Waals surface area (Å²) in [5, 5.41) is 0. The fourth-order valence-corrected chi connectivity index (χ4v) is 0.321. The van der Waals surface area contributed by atoms with E-state index in [1.807, 2.05) is 30.3 Å². The van der Waals surface area contributed by atoms with E-state index >= 15 is 0 Å². The molecule has 2 radical (unpaired) electrons. The van der Waals surface area contributed by atoms with Gasteiger partial charge in [-0.25, -0.2) is 12.1 Å². The molecule has 0 aliphatic carbocycles. The Morgan fingerprint density at radius 1 is 1.00 bits per heavy atom. The molecule has 0 amide bonds. The van der Waals surface area contributed by atoms with Crippen molar-refractivity contribution >= 4 is 29.0 Å². The van der Waals surface area contributed by atoms with Crippen molar-refractivity contribution in [2.45, 2.75) is 0 Å². The first-order valence-corrected chi connectivity index (χ1v) is 2.98. The maximum Gasteiger partial charge on any atom is 3.00 e. The van der Waals surface area contributed by atoms with Crippen LogP contribution in [-0.4, -0.2) is 6.11 Å². The molecule has 0 nitrogen and oxygen atoms in total. The monoisotopic (exact) mass is 264 g/mol. The zero-order valence-corrected chi connectivity index (χ0v) is 10.1. The van der Waals surface area contributed by atoms with Gasteiger partial charge in [0, 0.05) is 0 Å². The third-order valence-corrected chi connectivity index (χ3v) is 0.556. The van der Waals surface area contributed by atoms with Crippen LogP contribution in [0.4, 0.5) is 0 Å². The Labute approximate surface area is 105 Å². The molecule has 0 saturated heterocycles. The molecule has 0 atom stereocenters. The summed E-state index contributed by atoms with van der Waals surface area (Å²) >= 11 is 9.28. The van der Waals surface area contributed by atoms with Crippen LogP contribution >= 0.6 is 22.9 Å². The summed E-state index contributed by atoms with van der Waals surface area (Å²) in [6, 6.07) is 10.0. The summed E-state index contributed by atoms with van der Waals surface area (Å²) in [6.45, 7) is 0. The zero-order valence-electron chi connectivity index (χ0n) is 5.48. The average Bonchev–Trinajstić information content (AvgIpc) is 2.17. The molecular formula is C5H5BCl4Ti. The molecular weight excluding hydrogens is 261 g/mol. The summed E-state index contributed by atoms with van der Waals surface area (Å²) in [5.41, 5.74) is 0. The molecule has 0 aliphatic heterocycles. The van der Waals surface area contributed by atoms with Crippen molar-refractivity contribution in [1.29, 1.82) is 0 Å². The number of hydrogen-bond acceptors (Lipinski definition) is 0. The van der Waals surface area contributed by atoms with E-state index in [1.165, 1.54) is 0 Å². The Bertz CT molecular complexity index is 85.4. The van der Waals surface area contributed by atoms with Crippen molar-refractivity contribution in [2.24, 2.45) is 0 Å². The molecule has 1 aromatic carbocycles. The normalized spacial score (nSPS) is 4.91. The molecule has 11 heavy (non-hydrogen) atoms. The van der Waals surface area contributed by atoms with Crippen LogP contribution in [-0.2, 0) is 21.7 Å². The first-order chi connectivity index (χ1) is 3.91. The number of rotatable bonds is 0. The van der Waals surface area contributed by atoms with Gasteiger partial charge in [0.05, 0.1) is 0 Å². The van der Waals surface area contributed by atoms with E-state index in [0.717, 1.165) is 6.11 Å². The number of hydrogen-bond donors (Lipinski definition) is 0. The Morgan fingerprint density at radius 3 is 1.36 bits per heavy atom. The first kappa shape index (κ1) is 22.8. The van der Waals surface area contributed by atoms with Gasteiger partial charge in [0.25, 0.3) is 0 Å². The molecule has 1 aromatic rings. The molecule has 60 valence electrons. The minimum atomic E-state index is 0. The van der Waals surface area contributed by atoms with Crippen molar-refractivity contribution in [2.75, 3.05) is 0 Å². The Hall–Kier alpha value is 1.29. The third kappa shape index (κ3) is 24.6. The molecule has 0 aliphatic rings. The zero-order chi connectivity index (χ0) is 6.24. The summed E-state index contributed by atoms with van der Waals surface area (Å²) in [4.78, 5) is 0. The molecule has 6 heteroatoms. The predicted octanol–water partition coefficient (Wildman–Crippen LogP) is -3.59. The first-order valence-electron chi connectivity index (χ1n) is 2.10. The quantitative estimate of drug-likeness (QED) is 0.336. The van der Waals surface area contributed by atoms with Crippen LogP contribution in [0.1, 0.15) is 0 Å². The van der Waals surface area contributed by atoms with Crippen LogP contribution in [0.3, 0.4) is 0 Å². The van der Waals surface area contributed by atoms with Gasteiger partial charge < -0.3 is 24.8 Å². The van der Waals surface area contributed by atoms with Gasteiger partial charge in [0.1, 0.15) is 0 Å². The second-order valence-corrected chi connectivity index (χ2v) is 1.70. The van der Waals surface area contributed by atoms with Gasteiger partial charge in [0.2, 0.25) is 0 Å². The smallest absolute Gasteiger partial charge is 1.00 e. The van der Waals surface area contributed by atoms with Crippen molar-refractivity contribution in [3.05, 3.63) is 30.3 Å². The van der Waals surface area contributed by atoms with Gasteiger partial charge >= 0.3 is 27.8 Å². The average molecular weight is 266 g/mol. The summed E-state index contributed by atoms with van der Waals surface area (Å²) in [7, 11) is 0. The van der Waals surface area contributed by atoms with Crippen LogP contribution in [0.5, 0.6) is 0 Å².